The summed E-state index contributed by atoms with van der Waals surface area (Å²) in [6.45, 7) is 11.0. The fourth-order valence-electron chi connectivity index (χ4n) is 4.21. The van der Waals surface area contributed by atoms with Crippen LogP contribution in [0.4, 0.5) is 5.69 Å². The van der Waals surface area contributed by atoms with Crippen LogP contribution in [0.5, 0.6) is 5.75 Å². The molecular formula is C24H31N3O3. The summed E-state index contributed by atoms with van der Waals surface area (Å²) in [5, 5.41) is 5.05. The van der Waals surface area contributed by atoms with Crippen molar-refractivity contribution in [1.29, 1.82) is 0 Å². The average molecular weight is 410 g/mol. The molecule has 1 aromatic heterocycles. The van der Waals surface area contributed by atoms with Crippen LogP contribution in [0.25, 0.3) is 21.9 Å². The Morgan fingerprint density at radius 2 is 1.87 bits per heavy atom. The van der Waals surface area contributed by atoms with Crippen molar-refractivity contribution in [3.05, 3.63) is 36.4 Å². The largest absolute Gasteiger partial charge is 0.495 e. The van der Waals surface area contributed by atoms with Gasteiger partial charge in [-0.25, -0.2) is 0 Å². The molecule has 1 N–H and O–H groups in total. The van der Waals surface area contributed by atoms with Gasteiger partial charge in [-0.3, -0.25) is 14.6 Å². The van der Waals surface area contributed by atoms with E-state index in [1.54, 1.807) is 7.11 Å². The summed E-state index contributed by atoms with van der Waals surface area (Å²) in [5.41, 5.74) is 2.36. The molecule has 0 radical (unpaired) electrons. The molecule has 1 saturated heterocycles. The summed E-state index contributed by atoms with van der Waals surface area (Å²) >= 11 is 0. The summed E-state index contributed by atoms with van der Waals surface area (Å²) in [4.78, 5) is 17.5. The second kappa shape index (κ2) is 8.28. The molecule has 0 atom stereocenters. The number of para-hydroxylation sites is 1. The number of furan rings is 1. The van der Waals surface area contributed by atoms with Gasteiger partial charge in [0.25, 0.3) is 0 Å². The van der Waals surface area contributed by atoms with E-state index in [2.05, 4.69) is 35.9 Å². The fourth-order valence-corrected chi connectivity index (χ4v) is 4.21. The van der Waals surface area contributed by atoms with E-state index in [-0.39, 0.29) is 11.4 Å². The van der Waals surface area contributed by atoms with Crippen LogP contribution in [0.15, 0.2) is 40.8 Å². The standard InChI is InChI=1S/C24H31N3O3/c1-24(2,3)27-11-7-10-26(12-13-27)16-23(28)25-19-15-21-18(14-22(19)29-4)17-8-5-6-9-20(17)30-21/h5-6,8-9,14-15H,7,10-13,16H2,1-4H3,(H,25,28). The van der Waals surface area contributed by atoms with E-state index in [0.717, 1.165) is 54.5 Å². The molecule has 1 aliphatic heterocycles. The van der Waals surface area contributed by atoms with E-state index in [4.69, 9.17) is 9.15 Å². The number of hydrogen-bond donors (Lipinski definition) is 1. The predicted molar refractivity (Wildman–Crippen MR) is 121 cm³/mol. The minimum Gasteiger partial charge on any atom is -0.495 e. The first kappa shape index (κ1) is 20.7. The first-order valence-corrected chi connectivity index (χ1v) is 10.6. The molecule has 30 heavy (non-hydrogen) atoms. The number of ether oxygens (including phenoxy) is 1. The summed E-state index contributed by atoms with van der Waals surface area (Å²) in [5.74, 6) is 0.602. The summed E-state index contributed by atoms with van der Waals surface area (Å²) in [6, 6.07) is 11.7. The van der Waals surface area contributed by atoms with Gasteiger partial charge in [0.2, 0.25) is 5.91 Å². The highest BCUT2D eigenvalue weighted by molar-refractivity contribution is 6.07. The maximum absolute atomic E-state index is 12.8. The molecule has 1 amide bonds. The number of rotatable bonds is 4. The normalized spacial score (nSPS) is 16.7. The lowest BCUT2D eigenvalue weighted by Crippen LogP contribution is -2.44. The Labute approximate surface area is 177 Å². The highest BCUT2D eigenvalue weighted by atomic mass is 16.5. The molecule has 0 bridgehead atoms. The molecule has 4 rings (SSSR count). The molecule has 6 heteroatoms. The smallest absolute Gasteiger partial charge is 0.238 e. The SMILES string of the molecule is COc1cc2c(cc1NC(=O)CN1CCCN(C(C)(C)C)CC1)oc1ccccc12. The van der Waals surface area contributed by atoms with E-state index >= 15 is 0 Å². The lowest BCUT2D eigenvalue weighted by Gasteiger charge is -2.34. The molecule has 2 heterocycles. The number of carbonyl (C=O) groups is 1. The van der Waals surface area contributed by atoms with Gasteiger partial charge in [0.05, 0.1) is 19.3 Å². The van der Waals surface area contributed by atoms with Gasteiger partial charge in [0, 0.05) is 35.5 Å². The highest BCUT2D eigenvalue weighted by Crippen LogP contribution is 2.36. The number of benzene rings is 2. The van der Waals surface area contributed by atoms with Crippen molar-refractivity contribution >= 4 is 33.5 Å². The highest BCUT2D eigenvalue weighted by Gasteiger charge is 2.25. The van der Waals surface area contributed by atoms with Crippen molar-refractivity contribution in [1.82, 2.24) is 9.80 Å². The van der Waals surface area contributed by atoms with Crippen LogP contribution in [-0.2, 0) is 4.79 Å². The number of fused-ring (bicyclic) bond motifs is 3. The number of carbonyl (C=O) groups excluding carboxylic acids is 1. The van der Waals surface area contributed by atoms with Crippen molar-refractivity contribution in [2.45, 2.75) is 32.7 Å². The molecule has 3 aromatic rings. The van der Waals surface area contributed by atoms with Crippen LogP contribution in [0.2, 0.25) is 0 Å². The van der Waals surface area contributed by atoms with E-state index in [1.807, 2.05) is 36.4 Å². The molecule has 6 nitrogen and oxygen atoms in total. The Kier molecular flexibility index (Phi) is 5.71. The van der Waals surface area contributed by atoms with Gasteiger partial charge >= 0.3 is 0 Å². The molecular weight excluding hydrogens is 378 g/mol. The summed E-state index contributed by atoms with van der Waals surface area (Å²) < 4.78 is 11.5. The minimum atomic E-state index is -0.0343. The number of methoxy groups -OCH3 is 1. The van der Waals surface area contributed by atoms with E-state index in [1.165, 1.54) is 0 Å². The summed E-state index contributed by atoms with van der Waals surface area (Å²) in [6.07, 6.45) is 1.07. The summed E-state index contributed by atoms with van der Waals surface area (Å²) in [7, 11) is 1.62. The second-order valence-corrected chi connectivity index (χ2v) is 8.98. The molecule has 0 aliphatic carbocycles. The maximum atomic E-state index is 12.8. The quantitative estimate of drug-likeness (QED) is 0.695. The zero-order valence-electron chi connectivity index (χ0n) is 18.3. The molecule has 2 aromatic carbocycles. The molecule has 1 fully saturated rings. The van der Waals surface area contributed by atoms with Crippen LogP contribution in [0.1, 0.15) is 27.2 Å². The Morgan fingerprint density at radius 1 is 1.07 bits per heavy atom. The van der Waals surface area contributed by atoms with E-state index in [9.17, 15) is 4.79 Å². The van der Waals surface area contributed by atoms with Crippen LogP contribution in [-0.4, -0.2) is 61.1 Å². The van der Waals surface area contributed by atoms with Gasteiger partial charge in [-0.1, -0.05) is 18.2 Å². The zero-order valence-corrected chi connectivity index (χ0v) is 18.3. The van der Waals surface area contributed by atoms with E-state index in [0.29, 0.717) is 18.0 Å². The van der Waals surface area contributed by atoms with Crippen LogP contribution < -0.4 is 10.1 Å². The number of nitrogens with one attached hydrogen (secondary N) is 1. The van der Waals surface area contributed by atoms with Gasteiger partial charge < -0.3 is 14.5 Å². The molecule has 160 valence electrons. The van der Waals surface area contributed by atoms with Crippen LogP contribution >= 0.6 is 0 Å². The zero-order chi connectivity index (χ0) is 21.3. The average Bonchev–Trinajstić information content (AvgIpc) is 2.87. The van der Waals surface area contributed by atoms with Crippen molar-refractivity contribution in [2.24, 2.45) is 0 Å². The topological polar surface area (TPSA) is 58.0 Å². The van der Waals surface area contributed by atoms with Gasteiger partial charge in [-0.05, 0) is 52.4 Å². The Morgan fingerprint density at radius 3 is 2.63 bits per heavy atom. The second-order valence-electron chi connectivity index (χ2n) is 8.98. The third kappa shape index (κ3) is 4.30. The van der Waals surface area contributed by atoms with Gasteiger partial charge in [-0.15, -0.1) is 0 Å². The molecule has 0 spiro atoms. The number of amides is 1. The van der Waals surface area contributed by atoms with Gasteiger partial charge in [-0.2, -0.15) is 0 Å². The van der Waals surface area contributed by atoms with Crippen LogP contribution in [0, 0.1) is 0 Å². The van der Waals surface area contributed by atoms with Crippen molar-refractivity contribution in [3.63, 3.8) is 0 Å². The Bertz CT molecular complexity index is 1050. The Balaban J connectivity index is 1.48. The number of nitrogens with zero attached hydrogens (tertiary/aromatic N) is 2. The van der Waals surface area contributed by atoms with Crippen molar-refractivity contribution in [2.75, 3.05) is 45.2 Å². The van der Waals surface area contributed by atoms with Gasteiger partial charge in [0.15, 0.2) is 0 Å². The van der Waals surface area contributed by atoms with Gasteiger partial charge in [0.1, 0.15) is 16.9 Å². The number of hydrogen-bond acceptors (Lipinski definition) is 5. The molecule has 0 saturated carbocycles. The first-order chi connectivity index (χ1) is 14.3. The lowest BCUT2D eigenvalue weighted by atomic mass is 10.1. The monoisotopic (exact) mass is 409 g/mol. The molecule has 1 aliphatic rings. The third-order valence-corrected chi connectivity index (χ3v) is 5.88. The first-order valence-electron chi connectivity index (χ1n) is 10.6. The maximum Gasteiger partial charge on any atom is 0.238 e. The molecule has 0 unspecified atom stereocenters. The van der Waals surface area contributed by atoms with Crippen molar-refractivity contribution in [3.8, 4) is 5.75 Å². The predicted octanol–water partition coefficient (Wildman–Crippen LogP) is 4.34. The van der Waals surface area contributed by atoms with Crippen LogP contribution in [0.3, 0.4) is 0 Å². The van der Waals surface area contributed by atoms with E-state index < -0.39 is 0 Å². The third-order valence-electron chi connectivity index (χ3n) is 5.88. The number of anilines is 1. The lowest BCUT2D eigenvalue weighted by molar-refractivity contribution is -0.117. The minimum absolute atomic E-state index is 0.0343. The Hall–Kier alpha value is -2.57. The fraction of sp³-hybridized carbons (Fsp3) is 0.458. The van der Waals surface area contributed by atoms with Crippen molar-refractivity contribution < 1.29 is 13.9 Å².